The van der Waals surface area contributed by atoms with Gasteiger partial charge in [0.15, 0.2) is 5.75 Å². The maximum atomic E-state index is 13.2. The minimum Gasteiger partial charge on any atom is -0.422 e. The minimum atomic E-state index is -4.73. The lowest BCUT2D eigenvalue weighted by molar-refractivity contribution is -0.137. The molecule has 0 atom stereocenters. The van der Waals surface area contributed by atoms with Gasteiger partial charge in [-0.3, -0.25) is 14.9 Å². The smallest absolute Gasteiger partial charge is 0.416 e. The first-order valence-electron chi connectivity index (χ1n) is 11.0. The number of esters is 1. The predicted octanol–water partition coefficient (Wildman–Crippen LogP) is 6.52. The van der Waals surface area contributed by atoms with Crippen molar-refractivity contribution in [2.45, 2.75) is 6.18 Å². The number of anilines is 1. The van der Waals surface area contributed by atoms with Crippen LogP contribution in [0.4, 0.5) is 23.7 Å². The Morgan fingerprint density at radius 1 is 0.949 bits per heavy atom. The third-order valence-corrected chi connectivity index (χ3v) is 6.33. The number of ether oxygens (including phenoxy) is 1. The van der Waals surface area contributed by atoms with E-state index in [1.54, 1.807) is 30.3 Å². The molecule has 1 aliphatic heterocycles. The van der Waals surface area contributed by atoms with Gasteiger partial charge < -0.3 is 4.74 Å². The van der Waals surface area contributed by atoms with Gasteiger partial charge in [0.2, 0.25) is 0 Å². The average molecular weight is 664 g/mol. The third kappa shape index (κ3) is 6.52. The van der Waals surface area contributed by atoms with Crippen LogP contribution in [0.1, 0.15) is 16.7 Å². The van der Waals surface area contributed by atoms with E-state index in [2.05, 4.69) is 31.9 Å². The summed E-state index contributed by atoms with van der Waals surface area (Å²) in [4.78, 5) is 51.3. The maximum absolute atomic E-state index is 13.2. The summed E-state index contributed by atoms with van der Waals surface area (Å²) in [7, 11) is 0. The summed E-state index contributed by atoms with van der Waals surface area (Å²) in [5.74, 6) is -3.05. The molecule has 39 heavy (non-hydrogen) atoms. The van der Waals surface area contributed by atoms with Crippen LogP contribution in [0.25, 0.3) is 12.2 Å². The summed E-state index contributed by atoms with van der Waals surface area (Å²) in [6.45, 7) is 0. The zero-order valence-electron chi connectivity index (χ0n) is 19.5. The van der Waals surface area contributed by atoms with Crippen LogP contribution in [0.15, 0.2) is 87.3 Å². The van der Waals surface area contributed by atoms with Crippen LogP contribution in [-0.4, -0.2) is 23.8 Å². The number of nitrogens with one attached hydrogen (secondary N) is 1. The van der Waals surface area contributed by atoms with Gasteiger partial charge in [-0.15, -0.1) is 0 Å². The lowest BCUT2D eigenvalue weighted by atomic mass is 10.1. The van der Waals surface area contributed by atoms with Gasteiger partial charge in [-0.25, -0.2) is 14.5 Å². The Morgan fingerprint density at radius 3 is 2.36 bits per heavy atom. The number of rotatable bonds is 5. The monoisotopic (exact) mass is 662 g/mol. The van der Waals surface area contributed by atoms with Crippen molar-refractivity contribution in [3.8, 4) is 5.75 Å². The molecule has 0 saturated carbocycles. The number of benzene rings is 3. The molecule has 1 saturated heterocycles. The Bertz CT molecular complexity index is 1550. The van der Waals surface area contributed by atoms with E-state index in [9.17, 15) is 32.3 Å². The van der Waals surface area contributed by atoms with Gasteiger partial charge in [0.05, 0.1) is 15.7 Å². The van der Waals surface area contributed by atoms with Crippen molar-refractivity contribution >= 4 is 73.5 Å². The summed E-state index contributed by atoms with van der Waals surface area (Å²) in [6.07, 6.45) is -0.933. The van der Waals surface area contributed by atoms with E-state index < -0.39 is 41.1 Å². The molecule has 0 aliphatic carbocycles. The fourth-order valence-electron chi connectivity index (χ4n) is 3.53. The molecular formula is C27H15Br2F3N2O5. The number of carbonyl (C=O) groups is 4. The number of imide groups is 2. The minimum absolute atomic E-state index is 0.0449. The quantitative estimate of drug-likeness (QED) is 0.145. The number of hydrogen-bond donors (Lipinski definition) is 1. The van der Waals surface area contributed by atoms with E-state index in [4.69, 9.17) is 4.74 Å². The Kier molecular flexibility index (Phi) is 8.17. The first kappa shape index (κ1) is 28.0. The fourth-order valence-corrected chi connectivity index (χ4v) is 4.87. The van der Waals surface area contributed by atoms with Crippen molar-refractivity contribution in [2.24, 2.45) is 0 Å². The van der Waals surface area contributed by atoms with Gasteiger partial charge in [-0.1, -0.05) is 52.3 Å². The van der Waals surface area contributed by atoms with Crippen LogP contribution < -0.4 is 15.0 Å². The van der Waals surface area contributed by atoms with E-state index in [0.717, 1.165) is 29.8 Å². The van der Waals surface area contributed by atoms with Crippen molar-refractivity contribution < 1.29 is 37.1 Å². The average Bonchev–Trinajstić information content (AvgIpc) is 2.87. The van der Waals surface area contributed by atoms with Crippen LogP contribution in [0.3, 0.4) is 0 Å². The normalized spacial score (nSPS) is 15.2. The van der Waals surface area contributed by atoms with Crippen molar-refractivity contribution in [1.29, 1.82) is 0 Å². The molecule has 198 valence electrons. The predicted molar refractivity (Wildman–Crippen MR) is 143 cm³/mol. The molecule has 1 aliphatic rings. The highest BCUT2D eigenvalue weighted by atomic mass is 79.9. The lowest BCUT2D eigenvalue weighted by Crippen LogP contribution is -2.54. The number of amides is 4. The van der Waals surface area contributed by atoms with Crippen LogP contribution in [-0.2, 0) is 20.6 Å². The summed E-state index contributed by atoms with van der Waals surface area (Å²) in [5, 5.41) is 1.95. The first-order chi connectivity index (χ1) is 18.4. The van der Waals surface area contributed by atoms with E-state index in [-0.39, 0.29) is 17.0 Å². The number of barbiturate groups is 1. The van der Waals surface area contributed by atoms with Crippen molar-refractivity contribution in [3.05, 3.63) is 104 Å². The highest BCUT2D eigenvalue weighted by molar-refractivity contribution is 9.11. The molecule has 0 spiro atoms. The molecule has 1 heterocycles. The Hall–Kier alpha value is -4.03. The zero-order chi connectivity index (χ0) is 28.3. The van der Waals surface area contributed by atoms with Gasteiger partial charge >= 0.3 is 18.2 Å². The molecule has 12 heteroatoms. The summed E-state index contributed by atoms with van der Waals surface area (Å²) in [5.41, 5.74) is -1.21. The molecule has 0 bridgehead atoms. The number of alkyl halides is 3. The van der Waals surface area contributed by atoms with E-state index in [0.29, 0.717) is 19.9 Å². The van der Waals surface area contributed by atoms with Crippen LogP contribution in [0, 0.1) is 0 Å². The SMILES string of the molecule is O=C(/C=C/c1ccccc1)Oc1c(Br)cc(Br)cc1/C=C1/C(=O)NC(=O)N(c2cccc(C(F)(F)F)c2)C1=O. The number of nitrogens with zero attached hydrogens (tertiary/aromatic N) is 1. The highest BCUT2D eigenvalue weighted by Gasteiger charge is 2.38. The number of urea groups is 1. The number of carbonyl (C=O) groups excluding carboxylic acids is 4. The number of halogens is 5. The van der Waals surface area contributed by atoms with Crippen LogP contribution in [0.2, 0.25) is 0 Å². The largest absolute Gasteiger partial charge is 0.422 e. The van der Waals surface area contributed by atoms with Gasteiger partial charge in [0.25, 0.3) is 11.8 Å². The molecule has 4 rings (SSSR count). The van der Waals surface area contributed by atoms with Crippen molar-refractivity contribution in [3.63, 3.8) is 0 Å². The molecular weight excluding hydrogens is 649 g/mol. The zero-order valence-corrected chi connectivity index (χ0v) is 22.6. The third-order valence-electron chi connectivity index (χ3n) is 5.28. The van der Waals surface area contributed by atoms with Gasteiger partial charge in [-0.05, 0) is 64.0 Å². The molecule has 3 aromatic carbocycles. The lowest BCUT2D eigenvalue weighted by Gasteiger charge is -2.27. The van der Waals surface area contributed by atoms with Gasteiger partial charge in [0, 0.05) is 16.1 Å². The van der Waals surface area contributed by atoms with Gasteiger partial charge in [-0.2, -0.15) is 13.2 Å². The van der Waals surface area contributed by atoms with E-state index in [1.165, 1.54) is 18.2 Å². The Balaban J connectivity index is 1.70. The maximum Gasteiger partial charge on any atom is 0.416 e. The first-order valence-corrected chi connectivity index (χ1v) is 12.6. The highest BCUT2D eigenvalue weighted by Crippen LogP contribution is 2.36. The summed E-state index contributed by atoms with van der Waals surface area (Å²) < 4.78 is 45.9. The summed E-state index contributed by atoms with van der Waals surface area (Å²) in [6, 6.07) is 14.3. The Morgan fingerprint density at radius 2 is 1.67 bits per heavy atom. The van der Waals surface area contributed by atoms with Crippen LogP contribution >= 0.6 is 31.9 Å². The van der Waals surface area contributed by atoms with Gasteiger partial charge in [0.1, 0.15) is 5.57 Å². The topological polar surface area (TPSA) is 92.8 Å². The molecule has 0 unspecified atom stereocenters. The number of hydrogen-bond acceptors (Lipinski definition) is 5. The fraction of sp³-hybridized carbons (Fsp3) is 0.0370. The van der Waals surface area contributed by atoms with Crippen LogP contribution in [0.5, 0.6) is 5.75 Å². The van der Waals surface area contributed by atoms with Crippen molar-refractivity contribution in [2.75, 3.05) is 4.90 Å². The van der Waals surface area contributed by atoms with E-state index in [1.807, 2.05) is 11.4 Å². The van der Waals surface area contributed by atoms with E-state index >= 15 is 0 Å². The standard InChI is InChI=1S/C27H15Br2F3N2O5/c28-18-11-16(23(21(29)14-18)39-22(35)10-9-15-5-2-1-3-6-15)12-20-24(36)33-26(38)34(25(20)37)19-8-4-7-17(13-19)27(30,31)32/h1-14H,(H,33,36,38)/b10-9+,20-12-. The van der Waals surface area contributed by atoms with Crippen molar-refractivity contribution in [1.82, 2.24) is 5.32 Å². The molecule has 7 nitrogen and oxygen atoms in total. The summed E-state index contributed by atoms with van der Waals surface area (Å²) >= 11 is 6.57. The molecule has 3 aromatic rings. The molecule has 0 radical (unpaired) electrons. The second-order valence-corrected chi connectivity index (χ2v) is 9.75. The molecule has 1 fully saturated rings. The second kappa shape index (κ2) is 11.4. The second-order valence-electron chi connectivity index (χ2n) is 7.98. The Labute approximate surface area is 236 Å². The molecule has 1 N–H and O–H groups in total. The molecule has 0 aromatic heterocycles. The molecule has 4 amide bonds.